The quantitative estimate of drug-likeness (QED) is 0.214. The number of carbonyl (C=O) groups is 2. The van der Waals surface area contributed by atoms with Crippen LogP contribution in [0.1, 0.15) is 77.2 Å². The van der Waals surface area contributed by atoms with Crippen molar-refractivity contribution in [3.05, 3.63) is 35.9 Å². The zero-order valence-electron chi connectivity index (χ0n) is 16.2. The standard InChI is InChI=1S/C21H34N2O3/c1-3-5-7-8-10-14-17(13-6-4-2)21(19(22)24,20(25)23-26)18-15-11-9-12-16-18/h9,11-12,15-17,26H,3-8,10,13-14H2,1-2H3,(H2,22,24)(H,23,25). The molecule has 0 bridgehead atoms. The molecule has 0 aliphatic rings. The first kappa shape index (κ1) is 22.2. The van der Waals surface area contributed by atoms with E-state index < -0.39 is 17.2 Å². The third kappa shape index (κ3) is 5.31. The Balaban J connectivity index is 3.22. The molecule has 4 N–H and O–H groups in total. The second kappa shape index (κ2) is 11.7. The van der Waals surface area contributed by atoms with Gasteiger partial charge in [-0.2, -0.15) is 0 Å². The molecule has 5 nitrogen and oxygen atoms in total. The number of hydrogen-bond donors (Lipinski definition) is 3. The van der Waals surface area contributed by atoms with Gasteiger partial charge in [0.1, 0.15) is 0 Å². The van der Waals surface area contributed by atoms with E-state index in [1.807, 2.05) is 6.07 Å². The summed E-state index contributed by atoms with van der Waals surface area (Å²) < 4.78 is 0. The van der Waals surface area contributed by atoms with Crippen LogP contribution in [0.5, 0.6) is 0 Å². The van der Waals surface area contributed by atoms with Crippen LogP contribution in [0.4, 0.5) is 0 Å². The molecule has 0 saturated heterocycles. The summed E-state index contributed by atoms with van der Waals surface area (Å²) in [5, 5.41) is 9.39. The molecule has 5 heteroatoms. The summed E-state index contributed by atoms with van der Waals surface area (Å²) in [7, 11) is 0. The molecule has 0 aliphatic heterocycles. The van der Waals surface area contributed by atoms with Crippen molar-refractivity contribution in [2.75, 3.05) is 0 Å². The van der Waals surface area contributed by atoms with Crippen molar-refractivity contribution in [2.45, 2.75) is 77.0 Å². The van der Waals surface area contributed by atoms with E-state index in [-0.39, 0.29) is 5.92 Å². The maximum absolute atomic E-state index is 12.8. The number of nitrogens with two attached hydrogens (primary N) is 1. The number of nitrogens with one attached hydrogen (secondary N) is 1. The highest BCUT2D eigenvalue weighted by atomic mass is 16.5. The zero-order valence-corrected chi connectivity index (χ0v) is 16.2. The lowest BCUT2D eigenvalue weighted by Crippen LogP contribution is -2.57. The van der Waals surface area contributed by atoms with Crippen LogP contribution in [0, 0.1) is 5.92 Å². The van der Waals surface area contributed by atoms with Crippen molar-refractivity contribution >= 4 is 11.8 Å². The lowest BCUT2D eigenvalue weighted by atomic mass is 9.65. The second-order valence-electron chi connectivity index (χ2n) is 7.02. The molecular weight excluding hydrogens is 328 g/mol. The molecule has 0 fully saturated rings. The average molecular weight is 363 g/mol. The van der Waals surface area contributed by atoms with Gasteiger partial charge in [-0.05, 0) is 24.3 Å². The Bertz CT molecular complexity index is 547. The van der Waals surface area contributed by atoms with Gasteiger partial charge < -0.3 is 5.73 Å². The van der Waals surface area contributed by atoms with Gasteiger partial charge in [0.05, 0.1) is 0 Å². The fraction of sp³-hybridized carbons (Fsp3) is 0.619. The Hall–Kier alpha value is -1.88. The molecule has 0 radical (unpaired) electrons. The first-order valence-electron chi connectivity index (χ1n) is 9.85. The van der Waals surface area contributed by atoms with Gasteiger partial charge in [-0.3, -0.25) is 14.8 Å². The molecule has 1 aromatic carbocycles. The molecule has 146 valence electrons. The van der Waals surface area contributed by atoms with Crippen LogP contribution in [0.2, 0.25) is 0 Å². The van der Waals surface area contributed by atoms with Gasteiger partial charge in [0.2, 0.25) is 5.91 Å². The highest BCUT2D eigenvalue weighted by Gasteiger charge is 2.51. The highest BCUT2D eigenvalue weighted by Crippen LogP contribution is 2.39. The molecule has 2 amide bonds. The molecule has 1 aromatic rings. The molecule has 26 heavy (non-hydrogen) atoms. The first-order valence-corrected chi connectivity index (χ1v) is 9.85. The van der Waals surface area contributed by atoms with Gasteiger partial charge in [0.15, 0.2) is 5.41 Å². The summed E-state index contributed by atoms with van der Waals surface area (Å²) in [5.41, 5.74) is 6.51. The number of primary amides is 1. The van der Waals surface area contributed by atoms with E-state index in [0.717, 1.165) is 44.9 Å². The average Bonchev–Trinajstić information content (AvgIpc) is 2.66. The van der Waals surface area contributed by atoms with Gasteiger partial charge in [0, 0.05) is 0 Å². The predicted octanol–water partition coefficient (Wildman–Crippen LogP) is 4.08. The van der Waals surface area contributed by atoms with Gasteiger partial charge in [-0.15, -0.1) is 0 Å². The summed E-state index contributed by atoms with van der Waals surface area (Å²) in [6.07, 6.45) is 8.84. The smallest absolute Gasteiger partial charge is 0.263 e. The van der Waals surface area contributed by atoms with Crippen molar-refractivity contribution in [3.63, 3.8) is 0 Å². The fourth-order valence-corrected chi connectivity index (χ4v) is 3.82. The van der Waals surface area contributed by atoms with Gasteiger partial charge in [0.25, 0.3) is 5.91 Å². The molecule has 0 spiro atoms. The lowest BCUT2D eigenvalue weighted by Gasteiger charge is -2.37. The van der Waals surface area contributed by atoms with Crippen molar-refractivity contribution < 1.29 is 14.8 Å². The maximum atomic E-state index is 12.8. The number of hydrogen-bond acceptors (Lipinski definition) is 3. The molecule has 0 heterocycles. The SMILES string of the molecule is CCCCCCCC(CCCC)C(C(N)=O)(C(=O)NO)c1ccccc1. The van der Waals surface area contributed by atoms with Crippen LogP contribution in [0.3, 0.4) is 0 Å². The number of hydroxylamine groups is 1. The monoisotopic (exact) mass is 362 g/mol. The highest BCUT2D eigenvalue weighted by molar-refractivity contribution is 6.10. The van der Waals surface area contributed by atoms with Gasteiger partial charge >= 0.3 is 0 Å². The topological polar surface area (TPSA) is 92.4 Å². The van der Waals surface area contributed by atoms with E-state index in [0.29, 0.717) is 5.56 Å². The number of rotatable bonds is 13. The molecule has 0 aromatic heterocycles. The van der Waals surface area contributed by atoms with Gasteiger partial charge in [-0.25, -0.2) is 5.48 Å². The second-order valence-corrected chi connectivity index (χ2v) is 7.02. The summed E-state index contributed by atoms with van der Waals surface area (Å²) in [6.45, 7) is 4.25. The number of carbonyl (C=O) groups excluding carboxylic acids is 2. The number of unbranched alkanes of at least 4 members (excludes halogenated alkanes) is 5. The van der Waals surface area contributed by atoms with Crippen LogP contribution >= 0.6 is 0 Å². The Morgan fingerprint density at radius 1 is 1.00 bits per heavy atom. The number of benzene rings is 1. The predicted molar refractivity (Wildman–Crippen MR) is 104 cm³/mol. The van der Waals surface area contributed by atoms with E-state index in [2.05, 4.69) is 13.8 Å². The van der Waals surface area contributed by atoms with Crippen molar-refractivity contribution in [1.82, 2.24) is 5.48 Å². The van der Waals surface area contributed by atoms with E-state index in [9.17, 15) is 14.8 Å². The normalized spacial score (nSPS) is 14.4. The Kier molecular flexibility index (Phi) is 9.96. The summed E-state index contributed by atoms with van der Waals surface area (Å²) in [5.74, 6) is -1.67. The minimum absolute atomic E-state index is 0.240. The van der Waals surface area contributed by atoms with Crippen molar-refractivity contribution in [2.24, 2.45) is 11.7 Å². The fourth-order valence-electron chi connectivity index (χ4n) is 3.82. The van der Waals surface area contributed by atoms with Crippen LogP contribution in [-0.2, 0) is 15.0 Å². The zero-order chi connectivity index (χ0) is 19.4. The van der Waals surface area contributed by atoms with E-state index in [1.165, 1.54) is 12.8 Å². The largest absolute Gasteiger partial charge is 0.368 e. The minimum atomic E-state index is -1.55. The van der Waals surface area contributed by atoms with E-state index >= 15 is 0 Å². The Morgan fingerprint density at radius 2 is 1.58 bits per heavy atom. The van der Waals surface area contributed by atoms with Crippen LogP contribution in [0.25, 0.3) is 0 Å². The maximum Gasteiger partial charge on any atom is 0.263 e. The summed E-state index contributed by atoms with van der Waals surface area (Å²) in [4.78, 5) is 25.4. The molecule has 1 rings (SSSR count). The van der Waals surface area contributed by atoms with E-state index in [4.69, 9.17) is 5.73 Å². The van der Waals surface area contributed by atoms with Crippen molar-refractivity contribution in [1.29, 1.82) is 0 Å². The third-order valence-corrected chi connectivity index (χ3v) is 5.25. The molecule has 0 aliphatic carbocycles. The van der Waals surface area contributed by atoms with Crippen LogP contribution in [0.15, 0.2) is 30.3 Å². The van der Waals surface area contributed by atoms with Crippen LogP contribution in [-0.4, -0.2) is 17.0 Å². The lowest BCUT2D eigenvalue weighted by molar-refractivity contribution is -0.145. The van der Waals surface area contributed by atoms with Crippen molar-refractivity contribution in [3.8, 4) is 0 Å². The molecular formula is C21H34N2O3. The third-order valence-electron chi connectivity index (χ3n) is 5.25. The molecule has 0 saturated carbocycles. The Labute approximate surface area is 157 Å². The summed E-state index contributed by atoms with van der Waals surface area (Å²) >= 11 is 0. The summed E-state index contributed by atoms with van der Waals surface area (Å²) in [6, 6.07) is 8.90. The molecule has 2 atom stereocenters. The molecule has 2 unspecified atom stereocenters. The van der Waals surface area contributed by atoms with E-state index in [1.54, 1.807) is 29.7 Å². The first-order chi connectivity index (χ1) is 12.5. The van der Waals surface area contributed by atoms with Gasteiger partial charge in [-0.1, -0.05) is 89.1 Å². The Morgan fingerprint density at radius 3 is 2.12 bits per heavy atom. The minimum Gasteiger partial charge on any atom is -0.368 e. The number of amides is 2. The van der Waals surface area contributed by atoms with Crippen LogP contribution < -0.4 is 11.2 Å².